The molecule has 0 spiro atoms. The lowest BCUT2D eigenvalue weighted by molar-refractivity contribution is -0.669. The van der Waals surface area contributed by atoms with Gasteiger partial charge >= 0.3 is 0 Å². The predicted octanol–water partition coefficient (Wildman–Crippen LogP) is 7.79. The molecule has 0 radical (unpaired) electrons. The molecule has 1 aromatic heterocycles. The van der Waals surface area contributed by atoms with Gasteiger partial charge in [-0.3, -0.25) is 9.69 Å². The lowest BCUT2D eigenvalue weighted by atomic mass is 9.75. The number of nitrogens with zero attached hydrogens (tertiary/aromatic N) is 2. The number of hydrogen-bond acceptors (Lipinski definition) is 3. The second-order valence-corrected chi connectivity index (χ2v) is 14.5. The lowest BCUT2D eigenvalue weighted by Crippen LogP contribution is -3.00. The number of carbonyl (C=O) groups is 1. The van der Waals surface area contributed by atoms with Crippen LogP contribution in [-0.4, -0.2) is 12.5 Å². The fraction of sp³-hybridized carbons (Fsp3) is 0.182. The zero-order valence-corrected chi connectivity index (χ0v) is 31.7. The molecule has 4 nitrogen and oxygen atoms in total. The Bertz CT molecular complexity index is 2210. The molecule has 6 aromatic rings. The Hall–Kier alpha value is -4.53. The number of ether oxygens (including phenoxy) is 1. The molecule has 0 saturated carbocycles. The highest BCUT2D eigenvalue weighted by Gasteiger charge is 2.27. The molecular weight excluding hydrogens is 747 g/mol. The molecule has 0 N–H and O–H groups in total. The number of halogens is 1. The smallest absolute Gasteiger partial charge is 0.263 e. The molecule has 1 aliphatic carbocycles. The molecular formula is C44H41IN2O2S. The molecule has 5 aromatic carbocycles. The molecule has 0 saturated heterocycles. The lowest BCUT2D eigenvalue weighted by Gasteiger charge is -2.30. The molecule has 6 heteroatoms. The molecule has 0 fully saturated rings. The zero-order valence-electron chi connectivity index (χ0n) is 28.7. The van der Waals surface area contributed by atoms with E-state index in [9.17, 15) is 4.79 Å². The second kappa shape index (κ2) is 15.6. The van der Waals surface area contributed by atoms with Crippen molar-refractivity contribution in [2.75, 3.05) is 11.5 Å². The van der Waals surface area contributed by atoms with Gasteiger partial charge in [0.25, 0.3) is 5.01 Å². The van der Waals surface area contributed by atoms with Gasteiger partial charge < -0.3 is 28.7 Å². The number of aromatic nitrogens is 1. The number of anilines is 1. The van der Waals surface area contributed by atoms with Crippen molar-refractivity contribution in [1.82, 2.24) is 0 Å². The van der Waals surface area contributed by atoms with Gasteiger partial charge in [-0.25, -0.2) is 0 Å². The summed E-state index contributed by atoms with van der Waals surface area (Å²) in [5.74, 6) is 0.896. The Balaban J connectivity index is 0.00000432. The standard InChI is InChI=1S/C44H41N2O2S.HI/c1-32(47)45(38-17-8-5-9-18-38)24-23-33-27-34(31-44(2,3)30-33)28-43-46(25-26-48-41-20-12-16-36-15-10-11-19-39(36)41)40-29-37(21-22-42(40)49-43)35-13-6-4-7-14-35;/h4-24,27-29H,25-26,30-31H2,1-3H3;1H/q+1;/p-1. The highest BCUT2D eigenvalue weighted by molar-refractivity contribution is 7.18. The minimum absolute atomic E-state index is 0. The molecule has 50 heavy (non-hydrogen) atoms. The Kier molecular flexibility index (Phi) is 11.0. The summed E-state index contributed by atoms with van der Waals surface area (Å²) in [6.45, 7) is 7.52. The van der Waals surface area contributed by atoms with Gasteiger partial charge in [-0.2, -0.15) is 4.57 Å². The van der Waals surface area contributed by atoms with E-state index >= 15 is 0 Å². The van der Waals surface area contributed by atoms with Gasteiger partial charge in [0.05, 0.1) is 0 Å². The van der Waals surface area contributed by atoms with E-state index in [1.165, 1.54) is 42.9 Å². The van der Waals surface area contributed by atoms with Crippen LogP contribution in [0.25, 0.3) is 38.2 Å². The third-order valence-electron chi connectivity index (χ3n) is 9.02. The van der Waals surface area contributed by atoms with E-state index < -0.39 is 0 Å². The van der Waals surface area contributed by atoms with Crippen LogP contribution in [0.1, 0.15) is 38.6 Å². The normalized spacial score (nSPS) is 14.9. The van der Waals surface area contributed by atoms with Crippen molar-refractivity contribution in [2.45, 2.75) is 40.2 Å². The number of thiazole rings is 1. The van der Waals surface area contributed by atoms with Gasteiger partial charge in [0.1, 0.15) is 17.1 Å². The molecule has 7 rings (SSSR count). The summed E-state index contributed by atoms with van der Waals surface area (Å²) in [7, 11) is 0. The molecule has 252 valence electrons. The van der Waals surface area contributed by atoms with Crippen molar-refractivity contribution >= 4 is 50.0 Å². The minimum atomic E-state index is -0.0132. The number of rotatable bonds is 9. The van der Waals surface area contributed by atoms with Crippen LogP contribution in [0.3, 0.4) is 0 Å². The number of carbonyl (C=O) groups excluding carboxylic acids is 1. The van der Waals surface area contributed by atoms with Crippen molar-refractivity contribution in [3.63, 3.8) is 0 Å². The largest absolute Gasteiger partial charge is 1.00 e. The van der Waals surface area contributed by atoms with Crippen molar-refractivity contribution in [3.8, 4) is 16.9 Å². The van der Waals surface area contributed by atoms with Crippen LogP contribution in [0.2, 0.25) is 0 Å². The first-order valence-corrected chi connectivity index (χ1v) is 17.7. The van der Waals surface area contributed by atoms with Gasteiger partial charge in [0.15, 0.2) is 6.54 Å². The van der Waals surface area contributed by atoms with Gasteiger partial charge in [-0.05, 0) is 76.3 Å². The summed E-state index contributed by atoms with van der Waals surface area (Å²) >= 11 is 1.82. The van der Waals surface area contributed by atoms with E-state index in [0.717, 1.165) is 29.7 Å². The van der Waals surface area contributed by atoms with Crippen LogP contribution in [-0.2, 0) is 11.3 Å². The summed E-state index contributed by atoms with van der Waals surface area (Å²) in [5.41, 5.74) is 7.05. The van der Waals surface area contributed by atoms with Gasteiger partial charge in [-0.15, -0.1) is 0 Å². The van der Waals surface area contributed by atoms with Gasteiger partial charge in [0.2, 0.25) is 11.4 Å². The number of allylic oxidation sites excluding steroid dienone is 4. The van der Waals surface area contributed by atoms with Crippen molar-refractivity contribution < 1.29 is 38.1 Å². The maximum absolute atomic E-state index is 12.6. The average Bonchev–Trinajstić information content (AvgIpc) is 3.44. The molecule has 1 heterocycles. The topological polar surface area (TPSA) is 33.4 Å². The van der Waals surface area contributed by atoms with Crippen LogP contribution < -0.4 is 38.2 Å². The first-order valence-electron chi connectivity index (χ1n) is 16.9. The Morgan fingerprint density at radius 1 is 0.860 bits per heavy atom. The molecule has 0 atom stereocenters. The molecule has 0 unspecified atom stereocenters. The highest BCUT2D eigenvalue weighted by Crippen LogP contribution is 2.40. The molecule has 1 amide bonds. The van der Waals surface area contributed by atoms with E-state index in [0.29, 0.717) is 13.2 Å². The van der Waals surface area contributed by atoms with Crippen molar-refractivity contribution in [1.29, 1.82) is 0 Å². The molecule has 0 bridgehead atoms. The highest BCUT2D eigenvalue weighted by atomic mass is 127. The zero-order chi connectivity index (χ0) is 33.8. The number of fused-ring (bicyclic) bond motifs is 2. The van der Waals surface area contributed by atoms with E-state index in [2.05, 4.69) is 128 Å². The fourth-order valence-electron chi connectivity index (χ4n) is 6.82. The van der Waals surface area contributed by atoms with Crippen molar-refractivity contribution in [3.05, 3.63) is 156 Å². The van der Waals surface area contributed by atoms with Crippen LogP contribution in [0.15, 0.2) is 151 Å². The van der Waals surface area contributed by atoms with E-state index in [1.807, 2.05) is 47.9 Å². The van der Waals surface area contributed by atoms with E-state index in [4.69, 9.17) is 4.74 Å². The predicted molar refractivity (Wildman–Crippen MR) is 205 cm³/mol. The monoisotopic (exact) mass is 788 g/mol. The number of amides is 1. The van der Waals surface area contributed by atoms with Gasteiger partial charge in [-0.1, -0.05) is 122 Å². The van der Waals surface area contributed by atoms with Crippen molar-refractivity contribution in [2.24, 2.45) is 5.41 Å². The first kappa shape index (κ1) is 35.3. The molecule has 0 aliphatic heterocycles. The maximum Gasteiger partial charge on any atom is 0.263 e. The Morgan fingerprint density at radius 2 is 1.58 bits per heavy atom. The quantitative estimate of drug-likeness (QED) is 0.111. The van der Waals surface area contributed by atoms with E-state index in [1.54, 1.807) is 11.8 Å². The SMILES string of the molecule is CC(=O)N(C=CC1=CC(=Cc2sc3ccc(-c4ccccc4)cc3[n+]2CCOc2cccc3ccccc23)CC(C)(C)C1)c1ccccc1.[I-]. The summed E-state index contributed by atoms with van der Waals surface area (Å²) in [4.78, 5) is 14.3. The Labute approximate surface area is 316 Å². The summed E-state index contributed by atoms with van der Waals surface area (Å²) < 4.78 is 10.1. The summed E-state index contributed by atoms with van der Waals surface area (Å²) in [6, 6.07) is 41.8. The fourth-order valence-corrected chi connectivity index (χ4v) is 7.96. The van der Waals surface area contributed by atoms with Gasteiger partial charge in [0, 0.05) is 36.3 Å². The van der Waals surface area contributed by atoms with Crippen LogP contribution in [0, 0.1) is 5.41 Å². The number of para-hydroxylation sites is 1. The number of benzene rings is 5. The summed E-state index contributed by atoms with van der Waals surface area (Å²) in [6.07, 6.45) is 10.6. The summed E-state index contributed by atoms with van der Waals surface area (Å²) in [5, 5.41) is 3.51. The average molecular weight is 789 g/mol. The van der Waals surface area contributed by atoms with Crippen LogP contribution in [0.5, 0.6) is 5.75 Å². The maximum atomic E-state index is 12.6. The Morgan fingerprint density at radius 3 is 2.36 bits per heavy atom. The number of hydrogen-bond donors (Lipinski definition) is 0. The minimum Gasteiger partial charge on any atom is -1.00 e. The first-order chi connectivity index (χ1) is 23.8. The molecule has 1 aliphatic rings. The third-order valence-corrected chi connectivity index (χ3v) is 10.1. The van der Waals surface area contributed by atoms with Crippen LogP contribution >= 0.6 is 11.3 Å². The second-order valence-electron chi connectivity index (χ2n) is 13.5. The van der Waals surface area contributed by atoms with Crippen LogP contribution in [0.4, 0.5) is 5.69 Å². The third kappa shape index (κ3) is 8.09. The van der Waals surface area contributed by atoms with E-state index in [-0.39, 0.29) is 35.3 Å².